The summed E-state index contributed by atoms with van der Waals surface area (Å²) >= 11 is 0. The molecule has 2 aromatic rings. The molecule has 0 radical (unpaired) electrons. The fourth-order valence-electron chi connectivity index (χ4n) is 2.57. The van der Waals surface area contributed by atoms with Gasteiger partial charge in [0, 0.05) is 26.8 Å². The molecular formula is C17H22N4. The van der Waals surface area contributed by atoms with E-state index in [2.05, 4.69) is 45.6 Å². The van der Waals surface area contributed by atoms with Crippen molar-refractivity contribution < 1.29 is 0 Å². The highest BCUT2D eigenvalue weighted by Crippen LogP contribution is 2.48. The number of aromatic nitrogens is 2. The minimum absolute atomic E-state index is 0.388. The van der Waals surface area contributed by atoms with Crippen LogP contribution in [-0.2, 0) is 6.42 Å². The molecular weight excluding hydrogens is 260 g/mol. The molecule has 1 aromatic heterocycles. The molecule has 0 amide bonds. The minimum Gasteiger partial charge on any atom is -0.363 e. The van der Waals surface area contributed by atoms with Gasteiger partial charge in [0.25, 0.3) is 0 Å². The van der Waals surface area contributed by atoms with Crippen LogP contribution in [0.5, 0.6) is 0 Å². The summed E-state index contributed by atoms with van der Waals surface area (Å²) in [7, 11) is 3.98. The zero-order valence-electron chi connectivity index (χ0n) is 12.7. The highest BCUT2D eigenvalue weighted by Gasteiger charge is 2.42. The predicted octanol–water partition coefficient (Wildman–Crippen LogP) is 2.98. The first-order valence-corrected chi connectivity index (χ1v) is 7.45. The quantitative estimate of drug-likeness (QED) is 0.884. The van der Waals surface area contributed by atoms with Gasteiger partial charge in [0.15, 0.2) is 0 Å². The van der Waals surface area contributed by atoms with Gasteiger partial charge in [-0.2, -0.15) is 4.98 Å². The molecule has 3 rings (SSSR count). The van der Waals surface area contributed by atoms with E-state index in [0.29, 0.717) is 5.41 Å². The summed E-state index contributed by atoms with van der Waals surface area (Å²) in [6.45, 7) is 0.943. The fraction of sp³-hybridized carbons (Fsp3) is 0.412. The third-order valence-electron chi connectivity index (χ3n) is 4.10. The topological polar surface area (TPSA) is 41.1 Å². The molecule has 0 spiro atoms. The SMILES string of the molecule is CN(C)c1ccnc(NCC2(Cc3ccccc3)CC2)n1. The average molecular weight is 282 g/mol. The van der Waals surface area contributed by atoms with Crippen molar-refractivity contribution in [1.29, 1.82) is 0 Å². The third-order valence-corrected chi connectivity index (χ3v) is 4.10. The lowest BCUT2D eigenvalue weighted by molar-refractivity contribution is 0.536. The smallest absolute Gasteiger partial charge is 0.224 e. The second kappa shape index (κ2) is 5.72. The van der Waals surface area contributed by atoms with Gasteiger partial charge in [-0.05, 0) is 36.3 Å². The summed E-state index contributed by atoms with van der Waals surface area (Å²) in [5, 5.41) is 3.41. The maximum Gasteiger partial charge on any atom is 0.224 e. The van der Waals surface area contributed by atoms with Crippen molar-refractivity contribution in [3.63, 3.8) is 0 Å². The zero-order chi connectivity index (χ0) is 14.7. The Bertz CT molecular complexity index is 591. The van der Waals surface area contributed by atoms with Gasteiger partial charge in [0.2, 0.25) is 5.95 Å². The standard InChI is InChI=1S/C17H22N4/c1-21(2)15-8-11-18-16(20-15)19-13-17(9-10-17)12-14-6-4-3-5-7-14/h3-8,11H,9-10,12-13H2,1-2H3,(H,18,19,20). The second-order valence-corrected chi connectivity index (χ2v) is 6.15. The minimum atomic E-state index is 0.388. The van der Waals surface area contributed by atoms with Crippen LogP contribution >= 0.6 is 0 Å². The zero-order valence-corrected chi connectivity index (χ0v) is 12.7. The molecule has 1 heterocycles. The van der Waals surface area contributed by atoms with Crippen LogP contribution in [0.3, 0.4) is 0 Å². The van der Waals surface area contributed by atoms with E-state index in [1.165, 1.54) is 18.4 Å². The molecule has 0 aliphatic heterocycles. The molecule has 21 heavy (non-hydrogen) atoms. The number of hydrogen-bond acceptors (Lipinski definition) is 4. The summed E-state index contributed by atoms with van der Waals surface area (Å²) in [5.74, 6) is 1.65. The van der Waals surface area contributed by atoms with Crippen molar-refractivity contribution in [2.45, 2.75) is 19.3 Å². The Morgan fingerprint density at radius 3 is 2.57 bits per heavy atom. The van der Waals surface area contributed by atoms with Gasteiger partial charge in [-0.15, -0.1) is 0 Å². The normalized spacial score (nSPS) is 15.5. The highest BCUT2D eigenvalue weighted by molar-refractivity contribution is 5.41. The molecule has 1 fully saturated rings. The van der Waals surface area contributed by atoms with Crippen molar-refractivity contribution in [2.75, 3.05) is 30.9 Å². The Kier molecular flexibility index (Phi) is 3.78. The van der Waals surface area contributed by atoms with Crippen molar-refractivity contribution in [2.24, 2.45) is 5.41 Å². The van der Waals surface area contributed by atoms with Crippen molar-refractivity contribution in [3.05, 3.63) is 48.2 Å². The van der Waals surface area contributed by atoms with Gasteiger partial charge in [0.1, 0.15) is 5.82 Å². The summed E-state index contributed by atoms with van der Waals surface area (Å²) in [4.78, 5) is 10.8. The Hall–Kier alpha value is -2.10. The first-order valence-electron chi connectivity index (χ1n) is 7.45. The summed E-state index contributed by atoms with van der Waals surface area (Å²) in [5.41, 5.74) is 1.80. The van der Waals surface area contributed by atoms with Gasteiger partial charge >= 0.3 is 0 Å². The average Bonchev–Trinajstić information content (AvgIpc) is 3.26. The molecule has 4 nitrogen and oxygen atoms in total. The van der Waals surface area contributed by atoms with Crippen LogP contribution < -0.4 is 10.2 Å². The van der Waals surface area contributed by atoms with Gasteiger partial charge in [0.05, 0.1) is 0 Å². The first-order chi connectivity index (χ1) is 10.2. The van der Waals surface area contributed by atoms with Crippen LogP contribution in [0.2, 0.25) is 0 Å². The molecule has 110 valence electrons. The van der Waals surface area contributed by atoms with E-state index in [1.807, 2.05) is 25.1 Å². The third kappa shape index (κ3) is 3.51. The Balaban J connectivity index is 1.61. The lowest BCUT2D eigenvalue weighted by atomic mass is 9.96. The number of nitrogens with zero attached hydrogens (tertiary/aromatic N) is 3. The highest BCUT2D eigenvalue weighted by atomic mass is 15.2. The van der Waals surface area contributed by atoms with Crippen molar-refractivity contribution >= 4 is 11.8 Å². The molecule has 0 unspecified atom stereocenters. The van der Waals surface area contributed by atoms with Gasteiger partial charge < -0.3 is 10.2 Å². The van der Waals surface area contributed by atoms with E-state index in [0.717, 1.165) is 24.7 Å². The molecule has 4 heteroatoms. The van der Waals surface area contributed by atoms with E-state index in [1.54, 1.807) is 6.20 Å². The number of anilines is 2. The van der Waals surface area contributed by atoms with Crippen molar-refractivity contribution in [1.82, 2.24) is 9.97 Å². The molecule has 0 bridgehead atoms. The Morgan fingerprint density at radius 2 is 1.90 bits per heavy atom. The van der Waals surface area contributed by atoms with Gasteiger partial charge in [-0.1, -0.05) is 30.3 Å². The Morgan fingerprint density at radius 1 is 1.14 bits per heavy atom. The molecule has 1 aliphatic rings. The second-order valence-electron chi connectivity index (χ2n) is 6.15. The largest absolute Gasteiger partial charge is 0.363 e. The molecule has 1 saturated carbocycles. The van der Waals surface area contributed by atoms with Gasteiger partial charge in [-0.25, -0.2) is 4.98 Å². The molecule has 1 aliphatic carbocycles. The fourth-order valence-corrected chi connectivity index (χ4v) is 2.57. The maximum atomic E-state index is 4.51. The maximum absolute atomic E-state index is 4.51. The number of rotatable bonds is 6. The molecule has 0 atom stereocenters. The van der Waals surface area contributed by atoms with Crippen LogP contribution in [0.25, 0.3) is 0 Å². The van der Waals surface area contributed by atoms with Crippen LogP contribution in [-0.4, -0.2) is 30.6 Å². The van der Waals surface area contributed by atoms with E-state index >= 15 is 0 Å². The molecule has 0 saturated heterocycles. The Labute approximate surface area is 126 Å². The van der Waals surface area contributed by atoms with E-state index in [4.69, 9.17) is 0 Å². The first kappa shape index (κ1) is 13.9. The van der Waals surface area contributed by atoms with Crippen LogP contribution in [0.1, 0.15) is 18.4 Å². The van der Waals surface area contributed by atoms with E-state index in [9.17, 15) is 0 Å². The molecule has 1 N–H and O–H groups in total. The number of nitrogens with one attached hydrogen (secondary N) is 1. The monoisotopic (exact) mass is 282 g/mol. The van der Waals surface area contributed by atoms with Crippen LogP contribution in [0.15, 0.2) is 42.6 Å². The lowest BCUT2D eigenvalue weighted by Gasteiger charge is -2.17. The predicted molar refractivity (Wildman–Crippen MR) is 86.7 cm³/mol. The summed E-state index contributed by atoms with van der Waals surface area (Å²) in [6.07, 6.45) is 5.50. The number of benzene rings is 1. The van der Waals surface area contributed by atoms with E-state index in [-0.39, 0.29) is 0 Å². The van der Waals surface area contributed by atoms with Crippen molar-refractivity contribution in [3.8, 4) is 0 Å². The van der Waals surface area contributed by atoms with Crippen LogP contribution in [0.4, 0.5) is 11.8 Å². The summed E-state index contributed by atoms with van der Waals surface area (Å²) in [6, 6.07) is 12.6. The number of hydrogen-bond donors (Lipinski definition) is 1. The van der Waals surface area contributed by atoms with E-state index < -0.39 is 0 Å². The van der Waals surface area contributed by atoms with Crippen LogP contribution in [0, 0.1) is 5.41 Å². The lowest BCUT2D eigenvalue weighted by Crippen LogP contribution is -2.20. The summed E-state index contributed by atoms with van der Waals surface area (Å²) < 4.78 is 0. The molecule has 1 aromatic carbocycles. The van der Waals surface area contributed by atoms with Gasteiger partial charge in [-0.3, -0.25) is 0 Å².